The quantitative estimate of drug-likeness (QED) is 0.618. The number of rotatable bonds is 1. The lowest BCUT2D eigenvalue weighted by molar-refractivity contribution is 1.04. The Morgan fingerprint density at radius 1 is 1.24 bits per heavy atom. The molecule has 0 fully saturated rings. The summed E-state index contributed by atoms with van der Waals surface area (Å²) >= 11 is 5.95. The van der Waals surface area contributed by atoms with Gasteiger partial charge in [-0.15, -0.1) is 0 Å². The summed E-state index contributed by atoms with van der Waals surface area (Å²) in [5.74, 6) is 0.657. The molecular weight excluding hydrogens is 236 g/mol. The van der Waals surface area contributed by atoms with Crippen LogP contribution in [0.4, 0.5) is 0 Å². The van der Waals surface area contributed by atoms with E-state index in [-0.39, 0.29) is 0 Å². The molecule has 3 aromatic heterocycles. The highest BCUT2D eigenvalue weighted by Crippen LogP contribution is 2.20. The number of halogens is 1. The molecule has 0 aliphatic rings. The Morgan fingerprint density at radius 3 is 2.94 bits per heavy atom. The molecule has 3 heterocycles. The highest BCUT2D eigenvalue weighted by Gasteiger charge is 2.07. The van der Waals surface area contributed by atoms with E-state index in [1.165, 1.54) is 0 Å². The highest BCUT2D eigenvalue weighted by atomic mass is 35.5. The van der Waals surface area contributed by atoms with Crippen molar-refractivity contribution in [2.24, 2.45) is 0 Å². The van der Waals surface area contributed by atoms with Crippen molar-refractivity contribution in [1.82, 2.24) is 19.4 Å². The van der Waals surface area contributed by atoms with Crippen molar-refractivity contribution >= 4 is 17.2 Å². The topological polar surface area (TPSA) is 43.1 Å². The molecule has 0 unspecified atom stereocenters. The molecule has 5 heteroatoms. The van der Waals surface area contributed by atoms with Crippen LogP contribution < -0.4 is 0 Å². The number of hydrogen-bond donors (Lipinski definition) is 0. The van der Waals surface area contributed by atoms with Crippen LogP contribution in [0.2, 0.25) is 5.15 Å². The summed E-state index contributed by atoms with van der Waals surface area (Å²) in [4.78, 5) is 12.7. The third-order valence-electron chi connectivity index (χ3n) is 2.50. The van der Waals surface area contributed by atoms with Crippen LogP contribution in [0.5, 0.6) is 0 Å². The van der Waals surface area contributed by atoms with E-state index in [1.807, 2.05) is 35.7 Å². The maximum absolute atomic E-state index is 5.95. The van der Waals surface area contributed by atoms with Gasteiger partial charge in [-0.2, -0.15) is 0 Å². The Labute approximate surface area is 103 Å². The predicted molar refractivity (Wildman–Crippen MR) is 66.0 cm³/mol. The van der Waals surface area contributed by atoms with E-state index in [1.54, 1.807) is 12.3 Å². The summed E-state index contributed by atoms with van der Waals surface area (Å²) in [5, 5.41) is 0.449. The van der Waals surface area contributed by atoms with Crippen LogP contribution in [-0.4, -0.2) is 19.4 Å². The molecule has 17 heavy (non-hydrogen) atoms. The van der Waals surface area contributed by atoms with Gasteiger partial charge in [0.05, 0.1) is 11.4 Å². The first-order valence-corrected chi connectivity index (χ1v) is 5.55. The molecule has 0 bridgehead atoms. The van der Waals surface area contributed by atoms with E-state index < -0.39 is 0 Å². The summed E-state index contributed by atoms with van der Waals surface area (Å²) in [7, 11) is 0. The molecule has 3 aromatic rings. The Bertz CT molecular complexity index is 670. The van der Waals surface area contributed by atoms with Gasteiger partial charge in [0.2, 0.25) is 0 Å². The molecule has 0 radical (unpaired) electrons. The minimum absolute atomic E-state index is 0.449. The fourth-order valence-electron chi connectivity index (χ4n) is 1.82. The molecule has 0 aliphatic heterocycles. The first kappa shape index (κ1) is 10.2. The third-order valence-corrected chi connectivity index (χ3v) is 2.69. The Balaban J connectivity index is 2.30. The van der Waals surface area contributed by atoms with Crippen LogP contribution in [0, 0.1) is 6.92 Å². The average molecular weight is 245 g/mol. The van der Waals surface area contributed by atoms with Crippen molar-refractivity contribution < 1.29 is 0 Å². The van der Waals surface area contributed by atoms with Gasteiger partial charge in [-0.3, -0.25) is 4.40 Å². The zero-order chi connectivity index (χ0) is 11.8. The lowest BCUT2D eigenvalue weighted by atomic mass is 10.2. The second kappa shape index (κ2) is 3.82. The van der Waals surface area contributed by atoms with E-state index in [2.05, 4.69) is 15.0 Å². The smallest absolute Gasteiger partial charge is 0.137 e. The molecule has 0 aromatic carbocycles. The monoisotopic (exact) mass is 244 g/mol. The first-order valence-electron chi connectivity index (χ1n) is 5.18. The fraction of sp³-hybridized carbons (Fsp3) is 0.0833. The summed E-state index contributed by atoms with van der Waals surface area (Å²) in [6.07, 6.45) is 3.66. The standard InChI is InChI=1S/C12H9ClN4/c1-8-15-9(7-11(13)16-8)10-3-2-4-12-14-5-6-17(10)12/h2-7H,1H3. The number of hydrogen-bond acceptors (Lipinski definition) is 3. The normalized spacial score (nSPS) is 10.9. The highest BCUT2D eigenvalue weighted by molar-refractivity contribution is 6.29. The zero-order valence-corrected chi connectivity index (χ0v) is 9.89. The van der Waals surface area contributed by atoms with Gasteiger partial charge >= 0.3 is 0 Å². The van der Waals surface area contributed by atoms with Gasteiger partial charge in [-0.05, 0) is 19.1 Å². The zero-order valence-electron chi connectivity index (χ0n) is 9.13. The van der Waals surface area contributed by atoms with Crippen molar-refractivity contribution in [3.63, 3.8) is 0 Å². The molecule has 84 valence electrons. The maximum atomic E-state index is 5.95. The van der Waals surface area contributed by atoms with Gasteiger partial charge in [0.1, 0.15) is 16.6 Å². The third kappa shape index (κ3) is 1.76. The molecule has 0 aliphatic carbocycles. The predicted octanol–water partition coefficient (Wildman–Crippen LogP) is 2.75. The van der Waals surface area contributed by atoms with Crippen molar-refractivity contribution in [3.05, 3.63) is 47.6 Å². The molecule has 0 amide bonds. The number of imidazole rings is 1. The number of pyridine rings is 1. The van der Waals surface area contributed by atoms with E-state index in [0.29, 0.717) is 11.0 Å². The lowest BCUT2D eigenvalue weighted by Crippen LogP contribution is -1.96. The van der Waals surface area contributed by atoms with Crippen molar-refractivity contribution in [2.45, 2.75) is 6.92 Å². The minimum Gasteiger partial charge on any atom is -0.298 e. The number of nitrogens with zero attached hydrogens (tertiary/aromatic N) is 4. The van der Waals surface area contributed by atoms with Crippen LogP contribution >= 0.6 is 11.6 Å². The fourth-order valence-corrected chi connectivity index (χ4v) is 2.04. The molecule has 0 N–H and O–H groups in total. The summed E-state index contributed by atoms with van der Waals surface area (Å²) in [6.45, 7) is 1.82. The maximum Gasteiger partial charge on any atom is 0.137 e. The number of aromatic nitrogens is 4. The summed E-state index contributed by atoms with van der Waals surface area (Å²) < 4.78 is 1.97. The first-order chi connectivity index (χ1) is 8.24. The molecule has 0 spiro atoms. The van der Waals surface area contributed by atoms with E-state index in [0.717, 1.165) is 17.0 Å². The van der Waals surface area contributed by atoms with Gasteiger partial charge < -0.3 is 0 Å². The average Bonchev–Trinajstić information content (AvgIpc) is 2.75. The van der Waals surface area contributed by atoms with E-state index >= 15 is 0 Å². The van der Waals surface area contributed by atoms with Gasteiger partial charge in [-0.1, -0.05) is 17.7 Å². The molecule has 3 rings (SSSR count). The summed E-state index contributed by atoms with van der Waals surface area (Å²) in [6, 6.07) is 7.62. The molecule has 0 atom stereocenters. The van der Waals surface area contributed by atoms with Crippen molar-refractivity contribution in [2.75, 3.05) is 0 Å². The Hall–Kier alpha value is -1.94. The van der Waals surface area contributed by atoms with Crippen LogP contribution in [0.3, 0.4) is 0 Å². The summed E-state index contributed by atoms with van der Waals surface area (Å²) in [5.41, 5.74) is 2.63. The molecule has 0 saturated carbocycles. The molecule has 4 nitrogen and oxygen atoms in total. The van der Waals surface area contributed by atoms with Crippen molar-refractivity contribution in [1.29, 1.82) is 0 Å². The van der Waals surface area contributed by atoms with Gasteiger partial charge in [0, 0.05) is 18.5 Å². The van der Waals surface area contributed by atoms with Crippen LogP contribution in [-0.2, 0) is 0 Å². The SMILES string of the molecule is Cc1nc(Cl)cc(-c2cccc3nccn23)n1. The van der Waals surface area contributed by atoms with Gasteiger partial charge in [-0.25, -0.2) is 15.0 Å². The minimum atomic E-state index is 0.449. The van der Waals surface area contributed by atoms with Crippen LogP contribution in [0.15, 0.2) is 36.7 Å². The Morgan fingerprint density at radius 2 is 2.12 bits per heavy atom. The van der Waals surface area contributed by atoms with Gasteiger partial charge in [0.15, 0.2) is 0 Å². The van der Waals surface area contributed by atoms with Crippen LogP contribution in [0.25, 0.3) is 17.0 Å². The van der Waals surface area contributed by atoms with Crippen molar-refractivity contribution in [3.8, 4) is 11.4 Å². The molecule has 0 saturated heterocycles. The van der Waals surface area contributed by atoms with Crippen LogP contribution in [0.1, 0.15) is 5.82 Å². The molecular formula is C12H9ClN4. The second-order valence-corrected chi connectivity index (χ2v) is 4.08. The Kier molecular flexibility index (Phi) is 2.30. The largest absolute Gasteiger partial charge is 0.298 e. The van der Waals surface area contributed by atoms with E-state index in [4.69, 9.17) is 11.6 Å². The second-order valence-electron chi connectivity index (χ2n) is 3.69. The number of aryl methyl sites for hydroxylation is 1. The lowest BCUT2D eigenvalue weighted by Gasteiger charge is -2.05. The van der Waals surface area contributed by atoms with E-state index in [9.17, 15) is 0 Å². The number of fused-ring (bicyclic) bond motifs is 1. The van der Waals surface area contributed by atoms with Gasteiger partial charge in [0.25, 0.3) is 0 Å².